The van der Waals surface area contributed by atoms with Crippen LogP contribution >= 0.6 is 0 Å². The first-order chi connectivity index (χ1) is 5.31. The molecule has 0 aromatic heterocycles. The van der Waals surface area contributed by atoms with Crippen molar-refractivity contribution in [1.82, 2.24) is 5.32 Å². The molecular weight excluding hydrogens is 158 g/mol. The fourth-order valence-electron chi connectivity index (χ4n) is 0.698. The lowest BCUT2D eigenvalue weighted by Gasteiger charge is -2.22. The monoisotopic (exact) mass is 175 g/mol. The number of hydrogen-bond donors (Lipinski definition) is 3. The number of carboxylic acids is 1. The first-order valence-electron chi connectivity index (χ1n) is 3.96. The van der Waals surface area contributed by atoms with Gasteiger partial charge in [0.2, 0.25) is 0 Å². The van der Waals surface area contributed by atoms with Gasteiger partial charge in [0.1, 0.15) is 0 Å². The van der Waals surface area contributed by atoms with Gasteiger partial charge in [-0.3, -0.25) is 4.79 Å². The number of nitrogens with one attached hydrogen (secondary N) is 1. The number of hydrogen-bond acceptors (Lipinski definition) is 3. The maximum absolute atomic E-state index is 10.1. The molecule has 0 aliphatic carbocycles. The lowest BCUT2D eigenvalue weighted by Crippen LogP contribution is -2.41. The summed E-state index contributed by atoms with van der Waals surface area (Å²) < 4.78 is 0. The largest absolute Gasteiger partial charge is 0.481 e. The van der Waals surface area contributed by atoms with E-state index in [0.29, 0.717) is 6.54 Å². The Morgan fingerprint density at radius 2 is 2.00 bits per heavy atom. The van der Waals surface area contributed by atoms with Crippen molar-refractivity contribution in [1.29, 1.82) is 0 Å². The summed E-state index contributed by atoms with van der Waals surface area (Å²) in [7, 11) is 0. The zero-order valence-corrected chi connectivity index (χ0v) is 7.79. The predicted octanol–water partition coefficient (Wildman–Crippen LogP) is 0.210. The minimum Gasteiger partial charge on any atom is -0.481 e. The minimum absolute atomic E-state index is 0.0838. The Morgan fingerprint density at radius 1 is 1.50 bits per heavy atom. The highest BCUT2D eigenvalue weighted by Crippen LogP contribution is 1.99. The Hall–Kier alpha value is -0.610. The molecule has 4 nitrogen and oxygen atoms in total. The van der Waals surface area contributed by atoms with E-state index in [-0.39, 0.29) is 12.0 Å². The number of aliphatic hydroxyl groups is 1. The van der Waals surface area contributed by atoms with Crippen molar-refractivity contribution in [2.75, 3.05) is 6.54 Å². The standard InChI is InChI=1S/C8H17NO3/c1-8(2,3)9-5-6(10)4-7(11)12/h6,9-10H,4-5H2,1-3H3,(H,11,12). The number of carboxylic acid groups (broad SMARTS) is 1. The Kier molecular flexibility index (Phi) is 4.20. The summed E-state index contributed by atoms with van der Waals surface area (Å²) in [4.78, 5) is 10.1. The first-order valence-corrected chi connectivity index (χ1v) is 3.96. The molecule has 0 amide bonds. The Bertz CT molecular complexity index is 151. The summed E-state index contributed by atoms with van der Waals surface area (Å²) in [5.74, 6) is -0.974. The van der Waals surface area contributed by atoms with Crippen molar-refractivity contribution >= 4 is 5.97 Å². The Balaban J connectivity index is 3.57. The number of aliphatic carboxylic acids is 1. The fourth-order valence-corrected chi connectivity index (χ4v) is 0.698. The van der Waals surface area contributed by atoms with Crippen molar-refractivity contribution < 1.29 is 15.0 Å². The molecule has 0 fully saturated rings. The van der Waals surface area contributed by atoms with Crippen LogP contribution in [0.1, 0.15) is 27.2 Å². The van der Waals surface area contributed by atoms with Crippen LogP contribution in [0.2, 0.25) is 0 Å². The molecule has 0 spiro atoms. The SMILES string of the molecule is CC(C)(C)NCC(O)CC(=O)O. The lowest BCUT2D eigenvalue weighted by molar-refractivity contribution is -0.139. The molecule has 0 aliphatic heterocycles. The molecule has 1 unspecified atom stereocenters. The molecule has 4 heteroatoms. The van der Waals surface area contributed by atoms with Crippen LogP contribution in [0.4, 0.5) is 0 Å². The van der Waals surface area contributed by atoms with E-state index in [9.17, 15) is 4.79 Å². The second-order valence-electron chi connectivity index (χ2n) is 3.88. The van der Waals surface area contributed by atoms with Gasteiger partial charge in [0.25, 0.3) is 0 Å². The lowest BCUT2D eigenvalue weighted by atomic mass is 10.1. The molecule has 0 saturated heterocycles. The molecule has 0 rings (SSSR count). The van der Waals surface area contributed by atoms with Gasteiger partial charge in [-0.05, 0) is 20.8 Å². The van der Waals surface area contributed by atoms with E-state index in [1.165, 1.54) is 0 Å². The minimum atomic E-state index is -0.974. The van der Waals surface area contributed by atoms with Crippen LogP contribution in [0.15, 0.2) is 0 Å². The molecule has 3 N–H and O–H groups in total. The average molecular weight is 175 g/mol. The van der Waals surface area contributed by atoms with Gasteiger partial charge >= 0.3 is 5.97 Å². The van der Waals surface area contributed by atoms with Gasteiger partial charge < -0.3 is 15.5 Å². The molecule has 0 aromatic rings. The van der Waals surface area contributed by atoms with Crippen LogP contribution in [0.25, 0.3) is 0 Å². The Morgan fingerprint density at radius 3 is 2.33 bits per heavy atom. The highest BCUT2D eigenvalue weighted by molar-refractivity contribution is 5.67. The highest BCUT2D eigenvalue weighted by atomic mass is 16.4. The van der Waals surface area contributed by atoms with E-state index >= 15 is 0 Å². The third kappa shape index (κ3) is 7.50. The molecule has 0 heterocycles. The van der Waals surface area contributed by atoms with E-state index in [4.69, 9.17) is 10.2 Å². The van der Waals surface area contributed by atoms with Crippen molar-refractivity contribution in [3.8, 4) is 0 Å². The van der Waals surface area contributed by atoms with Crippen molar-refractivity contribution in [2.24, 2.45) is 0 Å². The Labute approximate surface area is 72.6 Å². The number of aliphatic hydroxyl groups excluding tert-OH is 1. The van der Waals surface area contributed by atoms with Crippen LogP contribution in [0.3, 0.4) is 0 Å². The summed E-state index contributed by atoms with van der Waals surface area (Å²) in [6.07, 6.45) is -1.01. The van der Waals surface area contributed by atoms with E-state index in [1.54, 1.807) is 0 Å². The summed E-state index contributed by atoms with van der Waals surface area (Å²) in [5, 5.41) is 20.5. The van der Waals surface area contributed by atoms with Crippen LogP contribution in [0, 0.1) is 0 Å². The normalized spacial score (nSPS) is 14.3. The van der Waals surface area contributed by atoms with Crippen LogP contribution in [0.5, 0.6) is 0 Å². The maximum atomic E-state index is 10.1. The summed E-state index contributed by atoms with van der Waals surface area (Å²) in [5.41, 5.74) is -0.0838. The van der Waals surface area contributed by atoms with Gasteiger partial charge in [-0.1, -0.05) is 0 Å². The van der Waals surface area contributed by atoms with Crippen LogP contribution in [-0.4, -0.2) is 34.4 Å². The zero-order valence-electron chi connectivity index (χ0n) is 7.79. The number of rotatable bonds is 4. The maximum Gasteiger partial charge on any atom is 0.306 e. The highest BCUT2D eigenvalue weighted by Gasteiger charge is 2.13. The number of carbonyl (C=O) groups is 1. The predicted molar refractivity (Wildman–Crippen MR) is 46.0 cm³/mol. The molecule has 0 aliphatic rings. The van der Waals surface area contributed by atoms with Gasteiger partial charge in [-0.2, -0.15) is 0 Å². The third-order valence-corrected chi connectivity index (χ3v) is 1.28. The molecule has 0 saturated carbocycles. The average Bonchev–Trinajstić information content (AvgIpc) is 1.80. The van der Waals surface area contributed by atoms with Crippen molar-refractivity contribution in [2.45, 2.75) is 38.8 Å². The fraction of sp³-hybridized carbons (Fsp3) is 0.875. The molecule has 0 aromatic carbocycles. The van der Waals surface area contributed by atoms with Gasteiger partial charge in [0.05, 0.1) is 12.5 Å². The molecule has 1 atom stereocenters. The van der Waals surface area contributed by atoms with Gasteiger partial charge in [0, 0.05) is 12.1 Å². The molecular formula is C8H17NO3. The van der Waals surface area contributed by atoms with Crippen molar-refractivity contribution in [3.63, 3.8) is 0 Å². The summed E-state index contributed by atoms with van der Waals surface area (Å²) >= 11 is 0. The molecule has 0 bridgehead atoms. The second kappa shape index (κ2) is 4.42. The van der Waals surface area contributed by atoms with Crippen LogP contribution in [-0.2, 0) is 4.79 Å². The van der Waals surface area contributed by atoms with Gasteiger partial charge in [-0.25, -0.2) is 0 Å². The van der Waals surface area contributed by atoms with E-state index in [0.717, 1.165) is 0 Å². The van der Waals surface area contributed by atoms with E-state index in [1.807, 2.05) is 20.8 Å². The molecule has 12 heavy (non-hydrogen) atoms. The van der Waals surface area contributed by atoms with Gasteiger partial charge in [0.15, 0.2) is 0 Å². The van der Waals surface area contributed by atoms with E-state index < -0.39 is 12.1 Å². The zero-order chi connectivity index (χ0) is 9.78. The topological polar surface area (TPSA) is 69.6 Å². The summed E-state index contributed by atoms with van der Waals surface area (Å²) in [6, 6.07) is 0. The van der Waals surface area contributed by atoms with Crippen LogP contribution < -0.4 is 5.32 Å². The van der Waals surface area contributed by atoms with Gasteiger partial charge in [-0.15, -0.1) is 0 Å². The van der Waals surface area contributed by atoms with Crippen molar-refractivity contribution in [3.05, 3.63) is 0 Å². The quantitative estimate of drug-likeness (QED) is 0.571. The second-order valence-corrected chi connectivity index (χ2v) is 3.88. The molecule has 72 valence electrons. The van der Waals surface area contributed by atoms with E-state index in [2.05, 4.69) is 5.32 Å². The first kappa shape index (κ1) is 11.4. The third-order valence-electron chi connectivity index (χ3n) is 1.28. The number of β-amino-alcohol motifs (C(OH)–C–C–N with tert-alkyl or cyclic N) is 1. The molecule has 0 radical (unpaired) electrons. The summed E-state index contributed by atoms with van der Waals surface area (Å²) in [6.45, 7) is 6.19. The smallest absolute Gasteiger partial charge is 0.306 e.